The molecule has 0 aliphatic carbocycles. The normalized spacial score (nSPS) is 14.6. The van der Waals surface area contributed by atoms with Gasteiger partial charge in [0.2, 0.25) is 17.7 Å². The molecule has 0 aliphatic rings. The van der Waals surface area contributed by atoms with E-state index in [2.05, 4.69) is 10.6 Å². The number of hydrogen-bond donors (Lipinski definition) is 6. The standard InChI is InChI=1S/C11H20N4O6/c1-5(12)9(18)15-7(4-16)10(19)14-6(11(20)21)2-3-8(13)17/h5-7,16H,2-4,12H2,1H3,(H2,13,17)(H,14,19)(H,15,18)(H,20,21)/t5-,6-,7-/m0/s1. The Balaban J connectivity index is 4.66. The van der Waals surface area contributed by atoms with Crippen LogP contribution in [0.25, 0.3) is 0 Å². The number of carbonyl (C=O) groups excluding carboxylic acids is 3. The van der Waals surface area contributed by atoms with Crippen LogP contribution >= 0.6 is 0 Å². The van der Waals surface area contributed by atoms with Gasteiger partial charge in [-0.15, -0.1) is 0 Å². The summed E-state index contributed by atoms with van der Waals surface area (Å²) in [6.45, 7) is 0.654. The van der Waals surface area contributed by atoms with Crippen LogP contribution in [0, 0.1) is 0 Å². The van der Waals surface area contributed by atoms with E-state index in [1.807, 2.05) is 0 Å². The molecule has 0 fully saturated rings. The summed E-state index contributed by atoms with van der Waals surface area (Å²) < 4.78 is 0. The second kappa shape index (κ2) is 8.87. The van der Waals surface area contributed by atoms with Crippen molar-refractivity contribution >= 4 is 23.7 Å². The SMILES string of the molecule is C[C@H](N)C(=O)N[C@@H](CO)C(=O)N[C@@H](CCC(N)=O)C(=O)O. The summed E-state index contributed by atoms with van der Waals surface area (Å²) in [6.07, 6.45) is -0.428. The molecule has 120 valence electrons. The minimum absolute atomic E-state index is 0.199. The molecule has 0 aromatic heterocycles. The van der Waals surface area contributed by atoms with Gasteiger partial charge in [-0.3, -0.25) is 14.4 Å². The van der Waals surface area contributed by atoms with Gasteiger partial charge in [0, 0.05) is 6.42 Å². The first-order valence-corrected chi connectivity index (χ1v) is 6.17. The smallest absolute Gasteiger partial charge is 0.326 e. The Kier molecular flexibility index (Phi) is 7.94. The number of carboxylic acids is 1. The maximum Gasteiger partial charge on any atom is 0.326 e. The molecule has 0 spiro atoms. The van der Waals surface area contributed by atoms with Gasteiger partial charge in [0.25, 0.3) is 0 Å². The van der Waals surface area contributed by atoms with Crippen molar-refractivity contribution in [3.8, 4) is 0 Å². The summed E-state index contributed by atoms with van der Waals surface area (Å²) in [6, 6.07) is -3.58. The summed E-state index contributed by atoms with van der Waals surface area (Å²) in [5.41, 5.74) is 10.2. The van der Waals surface area contributed by atoms with Gasteiger partial charge in [-0.25, -0.2) is 4.79 Å². The van der Waals surface area contributed by atoms with Crippen LogP contribution in [-0.4, -0.2) is 58.6 Å². The lowest BCUT2D eigenvalue weighted by atomic mass is 10.1. The zero-order chi connectivity index (χ0) is 16.6. The van der Waals surface area contributed by atoms with Gasteiger partial charge in [0.15, 0.2) is 0 Å². The Bertz CT molecular complexity index is 412. The Morgan fingerprint density at radius 1 is 1.10 bits per heavy atom. The predicted octanol–water partition coefficient (Wildman–Crippen LogP) is -3.35. The Morgan fingerprint density at radius 2 is 1.62 bits per heavy atom. The van der Waals surface area contributed by atoms with Crippen molar-refractivity contribution in [3.05, 3.63) is 0 Å². The molecule has 21 heavy (non-hydrogen) atoms. The summed E-state index contributed by atoms with van der Waals surface area (Å²) in [5, 5.41) is 22.3. The van der Waals surface area contributed by atoms with E-state index in [1.54, 1.807) is 0 Å². The van der Waals surface area contributed by atoms with Crippen molar-refractivity contribution < 1.29 is 29.4 Å². The highest BCUT2D eigenvalue weighted by molar-refractivity contribution is 5.91. The topological polar surface area (TPSA) is 185 Å². The molecule has 0 radical (unpaired) electrons. The van der Waals surface area contributed by atoms with E-state index in [9.17, 15) is 19.2 Å². The van der Waals surface area contributed by atoms with Crippen molar-refractivity contribution in [1.82, 2.24) is 10.6 Å². The van der Waals surface area contributed by atoms with Gasteiger partial charge >= 0.3 is 5.97 Å². The van der Waals surface area contributed by atoms with Crippen molar-refractivity contribution in [3.63, 3.8) is 0 Å². The van der Waals surface area contributed by atoms with E-state index in [0.29, 0.717) is 0 Å². The highest BCUT2D eigenvalue weighted by Crippen LogP contribution is 1.98. The molecule has 0 saturated heterocycles. The van der Waals surface area contributed by atoms with Crippen molar-refractivity contribution in [1.29, 1.82) is 0 Å². The van der Waals surface area contributed by atoms with Crippen LogP contribution in [0.1, 0.15) is 19.8 Å². The first kappa shape index (κ1) is 18.8. The fourth-order valence-electron chi connectivity index (χ4n) is 1.31. The monoisotopic (exact) mass is 304 g/mol. The molecule has 0 aromatic rings. The lowest BCUT2D eigenvalue weighted by molar-refractivity contribution is -0.142. The van der Waals surface area contributed by atoms with Gasteiger partial charge < -0.3 is 32.3 Å². The molecule has 3 atom stereocenters. The van der Waals surface area contributed by atoms with Gasteiger partial charge in [0.1, 0.15) is 12.1 Å². The fourth-order valence-corrected chi connectivity index (χ4v) is 1.31. The predicted molar refractivity (Wildman–Crippen MR) is 70.7 cm³/mol. The highest BCUT2D eigenvalue weighted by Gasteiger charge is 2.26. The van der Waals surface area contributed by atoms with Crippen LogP contribution in [0.5, 0.6) is 0 Å². The zero-order valence-corrected chi connectivity index (χ0v) is 11.5. The van der Waals surface area contributed by atoms with Crippen molar-refractivity contribution in [2.75, 3.05) is 6.61 Å². The second-order valence-corrected chi connectivity index (χ2v) is 4.44. The molecule has 8 N–H and O–H groups in total. The summed E-state index contributed by atoms with van der Waals surface area (Å²) >= 11 is 0. The Hall–Kier alpha value is -2.20. The number of nitrogens with one attached hydrogen (secondary N) is 2. The van der Waals surface area contributed by atoms with Gasteiger partial charge in [0.05, 0.1) is 12.6 Å². The molecular formula is C11H20N4O6. The number of hydrogen-bond acceptors (Lipinski definition) is 6. The van der Waals surface area contributed by atoms with Crippen molar-refractivity contribution in [2.45, 2.75) is 37.9 Å². The van der Waals surface area contributed by atoms with Gasteiger partial charge in [-0.2, -0.15) is 0 Å². The number of aliphatic carboxylic acids is 1. The molecule has 0 aliphatic heterocycles. The minimum atomic E-state index is -1.36. The van der Waals surface area contributed by atoms with Crippen LogP contribution < -0.4 is 22.1 Å². The number of amides is 3. The third kappa shape index (κ3) is 7.22. The molecule has 10 heteroatoms. The van der Waals surface area contributed by atoms with Gasteiger partial charge in [-0.1, -0.05) is 0 Å². The largest absolute Gasteiger partial charge is 0.480 e. The molecule has 0 aromatic carbocycles. The van der Waals surface area contributed by atoms with Crippen molar-refractivity contribution in [2.24, 2.45) is 11.5 Å². The number of carbonyl (C=O) groups is 4. The first-order valence-electron chi connectivity index (χ1n) is 6.17. The highest BCUT2D eigenvalue weighted by atomic mass is 16.4. The molecule has 0 heterocycles. The van der Waals surface area contributed by atoms with Crippen LogP contribution in [0.15, 0.2) is 0 Å². The van der Waals surface area contributed by atoms with E-state index >= 15 is 0 Å². The third-order valence-electron chi connectivity index (χ3n) is 2.52. The number of rotatable bonds is 9. The van der Waals surface area contributed by atoms with E-state index in [1.165, 1.54) is 6.92 Å². The molecule has 0 bridgehead atoms. The Labute approximate surface area is 120 Å². The number of primary amides is 1. The molecule has 0 saturated carbocycles. The third-order valence-corrected chi connectivity index (χ3v) is 2.52. The zero-order valence-electron chi connectivity index (χ0n) is 11.5. The average Bonchev–Trinajstić information content (AvgIpc) is 2.39. The maximum atomic E-state index is 11.8. The number of nitrogens with two attached hydrogens (primary N) is 2. The molecule has 10 nitrogen and oxygen atoms in total. The van der Waals surface area contributed by atoms with Crippen LogP contribution in [0.3, 0.4) is 0 Å². The molecule has 3 amide bonds. The average molecular weight is 304 g/mol. The minimum Gasteiger partial charge on any atom is -0.480 e. The lowest BCUT2D eigenvalue weighted by Gasteiger charge is -2.20. The van der Waals surface area contributed by atoms with Crippen LogP contribution in [0.4, 0.5) is 0 Å². The summed E-state index contributed by atoms with van der Waals surface area (Å²) in [4.78, 5) is 44.7. The lowest BCUT2D eigenvalue weighted by Crippen LogP contribution is -2.55. The number of aliphatic hydroxyl groups is 1. The Morgan fingerprint density at radius 3 is 2.00 bits per heavy atom. The maximum absolute atomic E-state index is 11.8. The van der Waals surface area contributed by atoms with E-state index in [4.69, 9.17) is 21.7 Å². The van der Waals surface area contributed by atoms with E-state index < -0.39 is 48.4 Å². The summed E-state index contributed by atoms with van der Waals surface area (Å²) in [5.74, 6) is -3.64. The second-order valence-electron chi connectivity index (χ2n) is 4.44. The number of carboxylic acid groups (broad SMARTS) is 1. The van der Waals surface area contributed by atoms with E-state index in [-0.39, 0.29) is 12.8 Å². The first-order chi connectivity index (χ1) is 9.68. The fraction of sp³-hybridized carbons (Fsp3) is 0.636. The molecule has 0 unspecified atom stereocenters. The quantitative estimate of drug-likeness (QED) is 0.257. The molecular weight excluding hydrogens is 284 g/mol. The van der Waals surface area contributed by atoms with Gasteiger partial charge in [-0.05, 0) is 13.3 Å². The van der Waals surface area contributed by atoms with E-state index in [0.717, 1.165) is 0 Å². The summed E-state index contributed by atoms with van der Waals surface area (Å²) in [7, 11) is 0. The van der Waals surface area contributed by atoms with Crippen LogP contribution in [0.2, 0.25) is 0 Å². The molecule has 0 rings (SSSR count). The number of aliphatic hydroxyl groups excluding tert-OH is 1. The van der Waals surface area contributed by atoms with Crippen LogP contribution in [-0.2, 0) is 19.2 Å².